The summed E-state index contributed by atoms with van der Waals surface area (Å²) in [5, 5.41) is 23.4. The molecule has 0 aliphatic heterocycles. The van der Waals surface area contributed by atoms with Gasteiger partial charge in [0.25, 0.3) is 0 Å². The molecule has 370 valence electrons. The highest BCUT2D eigenvalue weighted by Crippen LogP contribution is 2.49. The third kappa shape index (κ3) is 7.38. The van der Waals surface area contributed by atoms with Gasteiger partial charge in [-0.3, -0.25) is 0 Å². The van der Waals surface area contributed by atoms with Gasteiger partial charge in [-0.05, 0) is 182 Å². The summed E-state index contributed by atoms with van der Waals surface area (Å²) in [6, 6.07) is 111. The highest BCUT2D eigenvalue weighted by Gasteiger charge is 2.22. The molecule has 0 spiro atoms. The van der Waals surface area contributed by atoms with Crippen molar-refractivity contribution >= 4 is 97.0 Å². The SMILES string of the molecule is c1ccc(-c2ccc3ccc4c(-c5cccc6ccccc56)cc(-c5cccc6ccccc56)c5ccc2c3c45)cc1.c1ccc(-c2ccc3ccc4c(-c5ccccc5)cc(-c5ccc6ccccc6c5)c5ccc2c3c45)cc1. The van der Waals surface area contributed by atoms with Crippen molar-refractivity contribution in [1.29, 1.82) is 0 Å². The minimum absolute atomic E-state index is 1.25. The van der Waals surface area contributed by atoms with Crippen molar-refractivity contribution in [3.63, 3.8) is 0 Å². The van der Waals surface area contributed by atoms with Gasteiger partial charge in [-0.2, -0.15) is 0 Å². The van der Waals surface area contributed by atoms with Crippen molar-refractivity contribution in [2.24, 2.45) is 0 Å². The molecule has 0 fully saturated rings. The number of hydrogen-bond acceptors (Lipinski definition) is 0. The molecule has 0 aliphatic rings. The summed E-state index contributed by atoms with van der Waals surface area (Å²) >= 11 is 0. The third-order valence-corrected chi connectivity index (χ3v) is 17.0. The zero-order valence-corrected chi connectivity index (χ0v) is 43.9. The van der Waals surface area contributed by atoms with Gasteiger partial charge in [0.05, 0.1) is 0 Å². The Balaban J connectivity index is 0.000000133. The summed E-state index contributed by atoms with van der Waals surface area (Å²) in [6.07, 6.45) is 0. The van der Waals surface area contributed by atoms with E-state index in [0.29, 0.717) is 0 Å². The molecule has 0 unspecified atom stereocenters. The molecule has 0 radical (unpaired) electrons. The summed E-state index contributed by atoms with van der Waals surface area (Å²) in [7, 11) is 0. The molecule has 0 amide bonds. The van der Waals surface area contributed by atoms with Crippen molar-refractivity contribution in [3.8, 4) is 66.8 Å². The van der Waals surface area contributed by atoms with Gasteiger partial charge >= 0.3 is 0 Å². The van der Waals surface area contributed by atoms with E-state index >= 15 is 0 Å². The second-order valence-electron chi connectivity index (χ2n) is 21.4. The predicted octanol–water partition coefficient (Wildman–Crippen LogP) is 22.6. The van der Waals surface area contributed by atoms with E-state index in [9.17, 15) is 0 Å². The van der Waals surface area contributed by atoms with Gasteiger partial charge in [0, 0.05) is 0 Å². The highest BCUT2D eigenvalue weighted by molar-refractivity contribution is 6.32. The minimum Gasteiger partial charge on any atom is -0.0622 e. The van der Waals surface area contributed by atoms with Crippen LogP contribution in [0.25, 0.3) is 164 Å². The smallest absolute Gasteiger partial charge is 0.00141 e. The molecule has 0 aliphatic carbocycles. The van der Waals surface area contributed by atoms with Crippen LogP contribution in [-0.4, -0.2) is 0 Å². The van der Waals surface area contributed by atoms with Crippen LogP contribution in [0.1, 0.15) is 0 Å². The molecule has 0 saturated carbocycles. The largest absolute Gasteiger partial charge is 0.0622 e. The molecule has 0 nitrogen and oxygen atoms in total. The van der Waals surface area contributed by atoms with Crippen LogP contribution in [0.5, 0.6) is 0 Å². The van der Waals surface area contributed by atoms with Crippen LogP contribution in [0.3, 0.4) is 0 Å². The van der Waals surface area contributed by atoms with E-state index in [1.807, 2.05) is 0 Å². The lowest BCUT2D eigenvalue weighted by molar-refractivity contribution is 1.64. The molecule has 0 atom stereocenters. The molecule has 17 aromatic rings. The maximum Gasteiger partial charge on any atom is -0.00141 e. The van der Waals surface area contributed by atoms with Gasteiger partial charge in [-0.25, -0.2) is 0 Å². The number of hydrogen-bond donors (Lipinski definition) is 0. The van der Waals surface area contributed by atoms with Crippen LogP contribution in [0.4, 0.5) is 0 Å². The topological polar surface area (TPSA) is 0 Å². The Bertz CT molecular complexity index is 5100. The van der Waals surface area contributed by atoms with Crippen molar-refractivity contribution in [2.45, 2.75) is 0 Å². The van der Waals surface area contributed by atoms with Crippen molar-refractivity contribution in [2.75, 3.05) is 0 Å². The summed E-state index contributed by atoms with van der Waals surface area (Å²) in [5.74, 6) is 0. The first kappa shape index (κ1) is 45.8. The Morgan fingerprint density at radius 1 is 0.125 bits per heavy atom. The number of benzene rings is 17. The van der Waals surface area contributed by atoms with Gasteiger partial charge in [-0.15, -0.1) is 0 Å². The quantitative estimate of drug-likeness (QED) is 0.146. The van der Waals surface area contributed by atoms with E-state index in [1.54, 1.807) is 0 Å². The second-order valence-corrected chi connectivity index (χ2v) is 21.4. The maximum atomic E-state index is 2.45. The first-order valence-electron chi connectivity index (χ1n) is 27.8. The summed E-state index contributed by atoms with van der Waals surface area (Å²) in [4.78, 5) is 0. The van der Waals surface area contributed by atoms with Gasteiger partial charge < -0.3 is 0 Å². The molecule has 17 aromatic carbocycles. The third-order valence-electron chi connectivity index (χ3n) is 17.0. The average Bonchev–Trinajstić information content (AvgIpc) is 3.66. The van der Waals surface area contributed by atoms with Crippen LogP contribution in [-0.2, 0) is 0 Å². The molecular weight excluding hydrogens is 961 g/mol. The molecule has 17 rings (SSSR count). The zero-order chi connectivity index (χ0) is 52.7. The summed E-state index contributed by atoms with van der Waals surface area (Å²) < 4.78 is 0. The van der Waals surface area contributed by atoms with E-state index < -0.39 is 0 Å². The van der Waals surface area contributed by atoms with Crippen LogP contribution >= 0.6 is 0 Å². The lowest BCUT2D eigenvalue weighted by Gasteiger charge is -2.20. The van der Waals surface area contributed by atoms with E-state index in [1.165, 1.54) is 164 Å². The molecule has 0 N–H and O–H groups in total. The molecule has 0 aromatic heterocycles. The van der Waals surface area contributed by atoms with Gasteiger partial charge in [0.2, 0.25) is 0 Å². The summed E-state index contributed by atoms with van der Waals surface area (Å²) in [5.41, 5.74) is 15.2. The second kappa shape index (κ2) is 18.7. The normalized spacial score (nSPS) is 11.8. The highest BCUT2D eigenvalue weighted by atomic mass is 14.2. The molecule has 80 heavy (non-hydrogen) atoms. The molecule has 0 heterocycles. The average molecular weight is 1010 g/mol. The zero-order valence-electron chi connectivity index (χ0n) is 43.9. The first-order valence-corrected chi connectivity index (χ1v) is 27.8. The van der Waals surface area contributed by atoms with Crippen LogP contribution in [0.2, 0.25) is 0 Å². The number of rotatable bonds is 6. The summed E-state index contributed by atoms with van der Waals surface area (Å²) in [6.45, 7) is 0. The Hall–Kier alpha value is -10.4. The minimum atomic E-state index is 1.25. The van der Waals surface area contributed by atoms with E-state index in [4.69, 9.17) is 0 Å². The molecule has 0 bridgehead atoms. The van der Waals surface area contributed by atoms with Crippen molar-refractivity contribution in [1.82, 2.24) is 0 Å². The van der Waals surface area contributed by atoms with Crippen LogP contribution in [0, 0.1) is 0 Å². The molecule has 0 heteroatoms. The van der Waals surface area contributed by atoms with Gasteiger partial charge in [0.15, 0.2) is 0 Å². The Morgan fingerprint density at radius 3 is 0.963 bits per heavy atom. The predicted molar refractivity (Wildman–Crippen MR) is 345 cm³/mol. The fourth-order valence-corrected chi connectivity index (χ4v) is 13.4. The monoisotopic (exact) mass is 1010 g/mol. The fraction of sp³-hybridized carbons (Fsp3) is 0. The lowest BCUT2D eigenvalue weighted by Crippen LogP contribution is -1.93. The van der Waals surface area contributed by atoms with Gasteiger partial charge in [-0.1, -0.05) is 285 Å². The van der Waals surface area contributed by atoms with Gasteiger partial charge in [0.1, 0.15) is 0 Å². The van der Waals surface area contributed by atoms with Crippen LogP contribution in [0.15, 0.2) is 303 Å². The molecule has 0 saturated heterocycles. The fourth-order valence-electron chi connectivity index (χ4n) is 13.4. The standard InChI is InChI=1S/C42H26.C38H24/c1-2-10-27(11-3-1)33-22-20-30-21-23-37-39(34-18-8-14-28-12-4-6-16-31(28)34)26-40(38-25-24-36(33)41(30)42(37)38)35-19-9-15-29-13-5-7-17-32(29)35;1-3-10-26(11-4-1)31-19-17-28-18-20-33-35(27-12-5-2-6-13-27)24-36(34-22-21-32(31)37(28)38(33)34)30-16-15-25-9-7-8-14-29(25)23-30/h1-26H;1-24H. The van der Waals surface area contributed by atoms with Crippen molar-refractivity contribution < 1.29 is 0 Å². The van der Waals surface area contributed by atoms with Crippen LogP contribution < -0.4 is 0 Å². The number of fused-ring (bicyclic) bond motifs is 3. The molecular formula is C80H50. The Morgan fingerprint density at radius 2 is 0.463 bits per heavy atom. The van der Waals surface area contributed by atoms with E-state index in [0.717, 1.165) is 0 Å². The lowest BCUT2D eigenvalue weighted by atomic mass is 9.82. The Kier molecular flexibility index (Phi) is 10.7. The van der Waals surface area contributed by atoms with Crippen molar-refractivity contribution in [3.05, 3.63) is 303 Å². The maximum absolute atomic E-state index is 2.45. The first-order chi connectivity index (χ1) is 39.7. The van der Waals surface area contributed by atoms with E-state index in [2.05, 4.69) is 303 Å². The van der Waals surface area contributed by atoms with E-state index in [-0.39, 0.29) is 0 Å². The Labute approximate surface area is 464 Å².